The van der Waals surface area contributed by atoms with Crippen molar-refractivity contribution in [3.63, 3.8) is 0 Å². The number of carbonyl (C=O) groups excluding carboxylic acids is 2. The molecule has 0 bridgehead atoms. The monoisotopic (exact) mass is 316 g/mol. The van der Waals surface area contributed by atoms with E-state index in [2.05, 4.69) is 19.2 Å². The smallest absolute Gasteiger partial charge is 0.317 e. The maximum atomic E-state index is 12.6. The Kier molecular flexibility index (Phi) is 6.63. The van der Waals surface area contributed by atoms with Crippen molar-refractivity contribution < 1.29 is 9.59 Å². The highest BCUT2D eigenvalue weighted by atomic mass is 16.2. The molecule has 1 aromatic carbocycles. The summed E-state index contributed by atoms with van der Waals surface area (Å²) in [4.78, 5) is 26.6. The summed E-state index contributed by atoms with van der Waals surface area (Å²) >= 11 is 0. The molecule has 0 aliphatic heterocycles. The van der Waals surface area contributed by atoms with Crippen LogP contribution in [0.25, 0.3) is 0 Å². The molecule has 23 heavy (non-hydrogen) atoms. The van der Waals surface area contributed by atoms with E-state index in [1.54, 1.807) is 0 Å². The Morgan fingerprint density at radius 3 is 2.48 bits per heavy atom. The predicted molar refractivity (Wildman–Crippen MR) is 92.7 cm³/mol. The van der Waals surface area contributed by atoms with E-state index in [-0.39, 0.29) is 17.9 Å². The zero-order valence-corrected chi connectivity index (χ0v) is 14.3. The van der Waals surface area contributed by atoms with Crippen LogP contribution >= 0.6 is 0 Å². The van der Waals surface area contributed by atoms with E-state index in [1.807, 2.05) is 29.2 Å². The van der Waals surface area contributed by atoms with Crippen LogP contribution < -0.4 is 5.32 Å². The molecule has 1 aliphatic carbocycles. The number of ketones is 1. The second-order valence-electron chi connectivity index (χ2n) is 6.25. The van der Waals surface area contributed by atoms with Gasteiger partial charge in [0.15, 0.2) is 5.78 Å². The van der Waals surface area contributed by atoms with E-state index in [0.717, 1.165) is 49.9 Å². The summed E-state index contributed by atoms with van der Waals surface area (Å²) in [6.45, 7) is 5.88. The third-order valence-corrected chi connectivity index (χ3v) is 4.44. The molecule has 1 atom stereocenters. The van der Waals surface area contributed by atoms with Crippen molar-refractivity contribution in [1.29, 1.82) is 0 Å². The first-order valence-electron chi connectivity index (χ1n) is 8.85. The van der Waals surface area contributed by atoms with Crippen molar-refractivity contribution in [3.8, 4) is 0 Å². The highest BCUT2D eigenvalue weighted by Crippen LogP contribution is 2.29. The number of Topliss-reactive ketones (excluding diaryl/α,β-unsaturated/α-hetero) is 1. The van der Waals surface area contributed by atoms with Crippen LogP contribution in [-0.4, -0.2) is 29.8 Å². The number of hydrogen-bond donors (Lipinski definition) is 1. The number of amides is 2. The first kappa shape index (κ1) is 17.5. The Balaban J connectivity index is 2.06. The summed E-state index contributed by atoms with van der Waals surface area (Å²) in [6, 6.07) is 7.59. The lowest BCUT2D eigenvalue weighted by molar-refractivity contribution is 0.0962. The molecule has 0 spiro atoms. The number of unbranched alkanes of at least 4 members (excludes halogenated alkanes) is 2. The molecule has 0 radical (unpaired) electrons. The van der Waals surface area contributed by atoms with Crippen molar-refractivity contribution in [2.24, 2.45) is 0 Å². The van der Waals surface area contributed by atoms with E-state index in [4.69, 9.17) is 0 Å². The summed E-state index contributed by atoms with van der Waals surface area (Å²) in [7, 11) is 0. The molecule has 1 N–H and O–H groups in total. The van der Waals surface area contributed by atoms with Crippen molar-refractivity contribution in [2.75, 3.05) is 13.1 Å². The first-order chi connectivity index (χ1) is 11.2. The number of rotatable bonds is 7. The van der Waals surface area contributed by atoms with Crippen LogP contribution in [-0.2, 0) is 0 Å². The van der Waals surface area contributed by atoms with Crippen LogP contribution in [0.15, 0.2) is 24.3 Å². The Labute approximate surface area is 139 Å². The Morgan fingerprint density at radius 2 is 1.83 bits per heavy atom. The fourth-order valence-corrected chi connectivity index (χ4v) is 3.02. The number of fused-ring (bicyclic) bond motifs is 1. The number of nitrogens with one attached hydrogen (secondary N) is 1. The van der Waals surface area contributed by atoms with Crippen molar-refractivity contribution in [3.05, 3.63) is 35.4 Å². The van der Waals surface area contributed by atoms with Crippen LogP contribution in [0.2, 0.25) is 0 Å². The van der Waals surface area contributed by atoms with Crippen molar-refractivity contribution in [2.45, 2.75) is 58.4 Å². The third-order valence-electron chi connectivity index (χ3n) is 4.44. The molecule has 0 heterocycles. The standard InChI is InChI=1S/C19H28N2O2/c1-3-5-13-21(14-6-4-2)19(23)20-17-11-12-18(22)16-10-8-7-9-15(16)17/h7-10,17H,3-6,11-14H2,1-2H3,(H,20,23). The van der Waals surface area contributed by atoms with Crippen LogP contribution in [0.1, 0.15) is 74.3 Å². The molecule has 1 unspecified atom stereocenters. The fraction of sp³-hybridized carbons (Fsp3) is 0.579. The minimum atomic E-state index is -0.0536. The number of nitrogens with zero attached hydrogens (tertiary/aromatic N) is 1. The van der Waals surface area contributed by atoms with Gasteiger partial charge in [-0.25, -0.2) is 4.79 Å². The van der Waals surface area contributed by atoms with E-state index >= 15 is 0 Å². The molecule has 2 amide bonds. The topological polar surface area (TPSA) is 49.4 Å². The lowest BCUT2D eigenvalue weighted by Crippen LogP contribution is -2.43. The molecule has 1 aromatic rings. The molecule has 4 nitrogen and oxygen atoms in total. The minimum Gasteiger partial charge on any atom is -0.331 e. The second kappa shape index (κ2) is 8.70. The highest BCUT2D eigenvalue weighted by Gasteiger charge is 2.27. The minimum absolute atomic E-state index is 0.000974. The normalized spacial score (nSPS) is 16.8. The van der Waals surface area contributed by atoms with Gasteiger partial charge in [0.1, 0.15) is 0 Å². The van der Waals surface area contributed by atoms with Crippen molar-refractivity contribution in [1.82, 2.24) is 10.2 Å². The zero-order valence-electron chi connectivity index (χ0n) is 14.3. The number of hydrogen-bond acceptors (Lipinski definition) is 2. The lowest BCUT2D eigenvalue weighted by Gasteiger charge is -2.29. The molecule has 2 rings (SSSR count). The average molecular weight is 316 g/mol. The van der Waals surface area contributed by atoms with Gasteiger partial charge in [-0.1, -0.05) is 51.0 Å². The molecule has 0 saturated heterocycles. The molecular weight excluding hydrogens is 288 g/mol. The Morgan fingerprint density at radius 1 is 1.17 bits per heavy atom. The van der Waals surface area contributed by atoms with Gasteiger partial charge in [0, 0.05) is 25.1 Å². The van der Waals surface area contributed by atoms with Gasteiger partial charge < -0.3 is 10.2 Å². The fourth-order valence-electron chi connectivity index (χ4n) is 3.02. The molecule has 1 aliphatic rings. The predicted octanol–water partition coefficient (Wildman–Crippen LogP) is 4.32. The van der Waals surface area contributed by atoms with Gasteiger partial charge in [0.25, 0.3) is 0 Å². The number of carbonyl (C=O) groups is 2. The summed E-state index contributed by atoms with van der Waals surface area (Å²) in [6.07, 6.45) is 5.41. The molecule has 4 heteroatoms. The van der Waals surface area contributed by atoms with Gasteiger partial charge in [0.2, 0.25) is 0 Å². The molecule has 0 fully saturated rings. The summed E-state index contributed by atoms with van der Waals surface area (Å²) in [5.74, 6) is 0.180. The van der Waals surface area contributed by atoms with Gasteiger partial charge in [-0.3, -0.25) is 4.79 Å². The van der Waals surface area contributed by atoms with Gasteiger partial charge in [0.05, 0.1) is 6.04 Å². The highest BCUT2D eigenvalue weighted by molar-refractivity contribution is 5.99. The number of benzene rings is 1. The molecular formula is C19H28N2O2. The average Bonchev–Trinajstić information content (AvgIpc) is 2.57. The third kappa shape index (κ3) is 4.57. The first-order valence-corrected chi connectivity index (χ1v) is 8.85. The lowest BCUT2D eigenvalue weighted by atomic mass is 9.87. The van der Waals surface area contributed by atoms with E-state index in [0.29, 0.717) is 12.8 Å². The van der Waals surface area contributed by atoms with Crippen LogP contribution in [0.4, 0.5) is 4.79 Å². The maximum Gasteiger partial charge on any atom is 0.317 e. The summed E-state index contributed by atoms with van der Waals surface area (Å²) in [5.41, 5.74) is 1.72. The molecule has 0 aromatic heterocycles. The van der Waals surface area contributed by atoms with Crippen LogP contribution in [0, 0.1) is 0 Å². The van der Waals surface area contributed by atoms with Crippen LogP contribution in [0.5, 0.6) is 0 Å². The summed E-state index contributed by atoms with van der Waals surface area (Å²) < 4.78 is 0. The second-order valence-corrected chi connectivity index (χ2v) is 6.25. The van der Waals surface area contributed by atoms with Gasteiger partial charge in [-0.15, -0.1) is 0 Å². The quantitative estimate of drug-likeness (QED) is 0.814. The SMILES string of the molecule is CCCCN(CCCC)C(=O)NC1CCC(=O)c2ccccc21. The van der Waals surface area contributed by atoms with Crippen LogP contribution in [0.3, 0.4) is 0 Å². The van der Waals surface area contributed by atoms with Gasteiger partial charge in [-0.05, 0) is 24.8 Å². The van der Waals surface area contributed by atoms with E-state index in [1.165, 1.54) is 0 Å². The Hall–Kier alpha value is -1.84. The van der Waals surface area contributed by atoms with Gasteiger partial charge in [-0.2, -0.15) is 0 Å². The number of urea groups is 1. The largest absolute Gasteiger partial charge is 0.331 e. The molecule has 126 valence electrons. The van der Waals surface area contributed by atoms with Gasteiger partial charge >= 0.3 is 6.03 Å². The van der Waals surface area contributed by atoms with Crippen molar-refractivity contribution >= 4 is 11.8 Å². The Bertz CT molecular complexity index is 534. The summed E-state index contributed by atoms with van der Waals surface area (Å²) in [5, 5.41) is 3.15. The van der Waals surface area contributed by atoms with E-state index < -0.39 is 0 Å². The van der Waals surface area contributed by atoms with E-state index in [9.17, 15) is 9.59 Å². The zero-order chi connectivity index (χ0) is 16.7. The molecule has 0 saturated carbocycles. The maximum absolute atomic E-state index is 12.6.